The number of hydrogen-bond donors (Lipinski definition) is 3. The van der Waals surface area contributed by atoms with Crippen molar-refractivity contribution in [2.24, 2.45) is 0 Å². The van der Waals surface area contributed by atoms with Crippen LogP contribution in [-0.4, -0.2) is 24.0 Å². The van der Waals surface area contributed by atoms with E-state index in [9.17, 15) is 14.9 Å². The molecule has 1 amide bonds. The minimum atomic E-state index is -0.597. The third-order valence-corrected chi connectivity index (χ3v) is 4.28. The molecule has 27 heavy (non-hydrogen) atoms. The number of ether oxygens (including phenoxy) is 1. The van der Waals surface area contributed by atoms with Crippen LogP contribution in [0.15, 0.2) is 54.1 Å². The van der Waals surface area contributed by atoms with Crippen LogP contribution >= 0.6 is 12.6 Å². The average Bonchev–Trinajstić information content (AvgIpc) is 2.68. The number of carbonyl (C=O) groups is 2. The molecule has 1 heterocycles. The van der Waals surface area contributed by atoms with Crippen LogP contribution < -0.4 is 10.6 Å². The zero-order valence-electron chi connectivity index (χ0n) is 14.5. The Bertz CT molecular complexity index is 978. The van der Waals surface area contributed by atoms with E-state index in [1.807, 2.05) is 30.3 Å². The van der Waals surface area contributed by atoms with Gasteiger partial charge in [0.25, 0.3) is 5.91 Å². The van der Waals surface area contributed by atoms with E-state index in [1.54, 1.807) is 31.2 Å². The van der Waals surface area contributed by atoms with E-state index in [2.05, 4.69) is 23.3 Å². The lowest BCUT2D eigenvalue weighted by molar-refractivity contribution is -0.117. The molecule has 1 unspecified atom stereocenters. The van der Waals surface area contributed by atoms with Gasteiger partial charge in [-0.1, -0.05) is 36.4 Å². The molecule has 6 nitrogen and oxygen atoms in total. The van der Waals surface area contributed by atoms with Crippen molar-refractivity contribution < 1.29 is 14.3 Å². The molecule has 0 fully saturated rings. The first kappa shape index (κ1) is 18.5. The Kier molecular flexibility index (Phi) is 5.48. The average molecular weight is 379 g/mol. The largest absolute Gasteiger partial charge is 0.462 e. The Labute approximate surface area is 162 Å². The van der Waals surface area contributed by atoms with E-state index in [4.69, 9.17) is 4.74 Å². The van der Waals surface area contributed by atoms with Crippen molar-refractivity contribution in [2.45, 2.75) is 12.4 Å². The number of nitriles is 1. The van der Waals surface area contributed by atoms with Crippen molar-refractivity contribution >= 4 is 30.2 Å². The number of esters is 1. The SMILES string of the molecule is CCOC(=O)c1ccccc1-c1cccc(C2=C(C#N)C(=O)NC(S)N2)c1. The Balaban J connectivity index is 2.09. The molecule has 136 valence electrons. The van der Waals surface area contributed by atoms with Crippen molar-refractivity contribution in [3.8, 4) is 17.2 Å². The fourth-order valence-electron chi connectivity index (χ4n) is 2.85. The van der Waals surface area contributed by atoms with Gasteiger partial charge in [-0.15, -0.1) is 12.6 Å². The second-order valence-corrected chi connectivity index (χ2v) is 6.25. The quantitative estimate of drug-likeness (QED) is 0.561. The standard InChI is InChI=1S/C20H17N3O3S/c1-2-26-19(25)15-9-4-3-8-14(15)12-6-5-7-13(10-12)17-16(11-21)18(24)23-20(27)22-17/h3-10,20,22,27H,2H2,1H3,(H,23,24). The van der Waals surface area contributed by atoms with Gasteiger partial charge in [0.05, 0.1) is 17.9 Å². The lowest BCUT2D eigenvalue weighted by Crippen LogP contribution is -2.46. The van der Waals surface area contributed by atoms with Gasteiger partial charge in [0.1, 0.15) is 17.1 Å². The van der Waals surface area contributed by atoms with Crippen LogP contribution in [0.3, 0.4) is 0 Å². The van der Waals surface area contributed by atoms with Crippen molar-refractivity contribution in [1.82, 2.24) is 10.6 Å². The summed E-state index contributed by atoms with van der Waals surface area (Å²) in [5.41, 5.74) is 2.36. The van der Waals surface area contributed by atoms with Crippen LogP contribution in [0.25, 0.3) is 16.8 Å². The van der Waals surface area contributed by atoms with Crippen molar-refractivity contribution in [1.29, 1.82) is 5.26 Å². The number of nitrogens with zero attached hydrogens (tertiary/aromatic N) is 1. The van der Waals surface area contributed by atoms with Crippen LogP contribution in [0.1, 0.15) is 22.8 Å². The minimum absolute atomic E-state index is 0.0175. The number of amides is 1. The van der Waals surface area contributed by atoms with Crippen LogP contribution in [-0.2, 0) is 9.53 Å². The van der Waals surface area contributed by atoms with Gasteiger partial charge < -0.3 is 15.4 Å². The second-order valence-electron chi connectivity index (χ2n) is 5.73. The first-order valence-corrected chi connectivity index (χ1v) is 8.83. The van der Waals surface area contributed by atoms with Gasteiger partial charge in [-0.2, -0.15) is 5.26 Å². The van der Waals surface area contributed by atoms with Crippen molar-refractivity contribution in [3.05, 3.63) is 65.2 Å². The third kappa shape index (κ3) is 3.81. The van der Waals surface area contributed by atoms with Crippen LogP contribution in [0.4, 0.5) is 0 Å². The predicted molar refractivity (Wildman–Crippen MR) is 104 cm³/mol. The Morgan fingerprint density at radius 1 is 1.19 bits per heavy atom. The second kappa shape index (κ2) is 7.98. The summed E-state index contributed by atoms with van der Waals surface area (Å²) in [7, 11) is 0. The monoisotopic (exact) mass is 379 g/mol. The van der Waals surface area contributed by atoms with Crippen molar-refractivity contribution in [2.75, 3.05) is 6.61 Å². The molecule has 0 saturated heterocycles. The lowest BCUT2D eigenvalue weighted by atomic mass is 9.96. The predicted octanol–water partition coefficient (Wildman–Crippen LogP) is 2.70. The maximum atomic E-state index is 12.3. The highest BCUT2D eigenvalue weighted by Crippen LogP contribution is 2.28. The molecule has 2 aromatic carbocycles. The Morgan fingerprint density at radius 3 is 2.67 bits per heavy atom. The fraction of sp³-hybridized carbons (Fsp3) is 0.150. The van der Waals surface area contributed by atoms with Gasteiger partial charge >= 0.3 is 5.97 Å². The summed E-state index contributed by atoms with van der Waals surface area (Å²) in [6.45, 7) is 2.04. The van der Waals surface area contributed by atoms with Crippen molar-refractivity contribution in [3.63, 3.8) is 0 Å². The maximum absolute atomic E-state index is 12.3. The number of benzene rings is 2. The Hall–Kier alpha value is -3.24. The molecular weight excluding hydrogens is 362 g/mol. The normalized spacial score (nSPS) is 16.2. The Morgan fingerprint density at radius 2 is 1.93 bits per heavy atom. The maximum Gasteiger partial charge on any atom is 0.338 e. The van der Waals surface area contributed by atoms with E-state index >= 15 is 0 Å². The minimum Gasteiger partial charge on any atom is -0.462 e. The van der Waals surface area contributed by atoms with E-state index in [-0.39, 0.29) is 12.2 Å². The van der Waals surface area contributed by atoms with E-state index in [1.165, 1.54) is 0 Å². The van der Waals surface area contributed by atoms with Gasteiger partial charge in [-0.3, -0.25) is 4.79 Å². The van der Waals surface area contributed by atoms with Crippen LogP contribution in [0, 0.1) is 11.3 Å². The number of rotatable bonds is 4. The zero-order chi connectivity index (χ0) is 19.4. The van der Waals surface area contributed by atoms with Crippen LogP contribution in [0.2, 0.25) is 0 Å². The lowest BCUT2D eigenvalue weighted by Gasteiger charge is -2.25. The molecule has 0 bridgehead atoms. The molecule has 0 saturated carbocycles. The number of nitrogens with one attached hydrogen (secondary N) is 2. The molecule has 7 heteroatoms. The third-order valence-electron chi connectivity index (χ3n) is 4.02. The summed E-state index contributed by atoms with van der Waals surface area (Å²) in [5, 5.41) is 14.9. The first-order chi connectivity index (χ1) is 13.0. The topological polar surface area (TPSA) is 91.2 Å². The number of carbonyl (C=O) groups excluding carboxylic acids is 2. The molecule has 1 aliphatic heterocycles. The van der Waals surface area contributed by atoms with Crippen LogP contribution in [0.5, 0.6) is 0 Å². The molecule has 1 atom stereocenters. The molecule has 1 aliphatic rings. The van der Waals surface area contributed by atoms with Gasteiger partial charge in [-0.25, -0.2) is 4.79 Å². The first-order valence-electron chi connectivity index (χ1n) is 8.32. The van der Waals surface area contributed by atoms with Gasteiger partial charge in [0, 0.05) is 0 Å². The fourth-order valence-corrected chi connectivity index (χ4v) is 3.10. The highest BCUT2D eigenvalue weighted by atomic mass is 32.1. The molecule has 0 aromatic heterocycles. The highest BCUT2D eigenvalue weighted by Gasteiger charge is 2.25. The van der Waals surface area contributed by atoms with E-state index in [0.29, 0.717) is 22.4 Å². The summed E-state index contributed by atoms with van der Waals surface area (Å²) in [6.07, 6.45) is 0. The van der Waals surface area contributed by atoms with E-state index < -0.39 is 17.4 Å². The smallest absolute Gasteiger partial charge is 0.338 e. The summed E-state index contributed by atoms with van der Waals surface area (Å²) in [5.74, 6) is -0.885. The highest BCUT2D eigenvalue weighted by molar-refractivity contribution is 7.80. The molecular formula is C20H17N3O3S. The molecule has 2 N–H and O–H groups in total. The summed E-state index contributed by atoms with van der Waals surface area (Å²) < 4.78 is 5.13. The van der Waals surface area contributed by atoms with Gasteiger partial charge in [0.2, 0.25) is 0 Å². The molecule has 2 aromatic rings. The van der Waals surface area contributed by atoms with Gasteiger partial charge in [0.15, 0.2) is 0 Å². The van der Waals surface area contributed by atoms with Gasteiger partial charge in [-0.05, 0) is 35.7 Å². The summed E-state index contributed by atoms with van der Waals surface area (Å²) in [4.78, 5) is 24.3. The summed E-state index contributed by atoms with van der Waals surface area (Å²) in [6, 6.07) is 16.3. The number of hydrogen-bond acceptors (Lipinski definition) is 6. The molecule has 0 spiro atoms. The zero-order valence-corrected chi connectivity index (χ0v) is 15.4. The molecule has 0 aliphatic carbocycles. The van der Waals surface area contributed by atoms with E-state index in [0.717, 1.165) is 5.56 Å². The number of thiol groups is 1. The summed E-state index contributed by atoms with van der Waals surface area (Å²) >= 11 is 4.22. The molecule has 0 radical (unpaired) electrons. The molecule has 3 rings (SSSR count).